The molecule has 0 aromatic heterocycles. The number of piperidine rings is 1. The maximum Gasteiger partial charge on any atom is 0.410 e. The van der Waals surface area contributed by atoms with Crippen LogP contribution in [0.2, 0.25) is 0 Å². The van der Waals surface area contributed by atoms with E-state index in [0.29, 0.717) is 19.1 Å². The van der Waals surface area contributed by atoms with Gasteiger partial charge in [0, 0.05) is 63.0 Å². The van der Waals surface area contributed by atoms with Crippen molar-refractivity contribution in [2.45, 2.75) is 90.0 Å². The number of fused-ring (bicyclic) bond motifs is 1. The van der Waals surface area contributed by atoms with Gasteiger partial charge in [0.25, 0.3) is 5.91 Å². The predicted molar refractivity (Wildman–Crippen MR) is 169 cm³/mol. The molecule has 0 spiro atoms. The molecule has 2 amide bonds. The molecule has 8 nitrogen and oxygen atoms in total. The molecule has 43 heavy (non-hydrogen) atoms. The van der Waals surface area contributed by atoms with Crippen LogP contribution in [0.1, 0.15) is 76.0 Å². The molecule has 0 radical (unpaired) electrons. The zero-order chi connectivity index (χ0) is 30.4. The molecule has 5 rings (SSSR count). The number of ether oxygens (including phenoxy) is 3. The Bertz CT molecular complexity index is 1290. The first-order valence-electron chi connectivity index (χ1n) is 15.8. The van der Waals surface area contributed by atoms with Crippen molar-refractivity contribution in [1.29, 1.82) is 0 Å². The van der Waals surface area contributed by atoms with E-state index in [-0.39, 0.29) is 18.1 Å². The lowest BCUT2D eigenvalue weighted by atomic mass is 10.0. The third-order valence-electron chi connectivity index (χ3n) is 8.49. The number of carbonyl (C=O) groups excluding carboxylic acids is 2. The van der Waals surface area contributed by atoms with Crippen molar-refractivity contribution in [3.63, 3.8) is 0 Å². The van der Waals surface area contributed by atoms with Gasteiger partial charge in [-0.25, -0.2) is 4.79 Å². The fourth-order valence-corrected chi connectivity index (χ4v) is 6.04. The van der Waals surface area contributed by atoms with E-state index in [1.807, 2.05) is 45.0 Å². The second-order valence-corrected chi connectivity index (χ2v) is 13.1. The number of hydrogen-bond donors (Lipinski definition) is 1. The Morgan fingerprint density at radius 3 is 2.42 bits per heavy atom. The van der Waals surface area contributed by atoms with Gasteiger partial charge in [0.2, 0.25) is 0 Å². The van der Waals surface area contributed by atoms with Crippen molar-refractivity contribution in [2.24, 2.45) is 0 Å². The number of hydrogen-bond acceptors (Lipinski definition) is 6. The second kappa shape index (κ2) is 14.0. The molecule has 8 heteroatoms. The van der Waals surface area contributed by atoms with Gasteiger partial charge < -0.3 is 24.4 Å². The molecule has 2 aromatic carbocycles. The Morgan fingerprint density at radius 2 is 1.72 bits per heavy atom. The number of amides is 2. The largest absolute Gasteiger partial charge is 0.490 e. The molecule has 0 saturated carbocycles. The smallest absolute Gasteiger partial charge is 0.410 e. The second-order valence-electron chi connectivity index (χ2n) is 13.1. The molecule has 1 N–H and O–H groups in total. The van der Waals surface area contributed by atoms with Crippen LogP contribution in [0, 0.1) is 0 Å². The SMILES string of the molecule is CN(Cc1ccc(NC(=O)C2=Cc3cc(OC4CCN(C(=O)OC(C)(C)C)CC4)ccc3CCC2)cc1)C1CCOCC1. The first kappa shape index (κ1) is 31.1. The summed E-state index contributed by atoms with van der Waals surface area (Å²) in [5, 5.41) is 3.11. The summed E-state index contributed by atoms with van der Waals surface area (Å²) in [6, 6.07) is 15.0. The summed E-state index contributed by atoms with van der Waals surface area (Å²) in [6.45, 7) is 9.44. The lowest BCUT2D eigenvalue weighted by Crippen LogP contribution is -2.44. The van der Waals surface area contributed by atoms with E-state index < -0.39 is 5.60 Å². The first-order valence-corrected chi connectivity index (χ1v) is 15.8. The van der Waals surface area contributed by atoms with E-state index in [0.717, 1.165) is 87.3 Å². The molecule has 1 aliphatic carbocycles. The molecule has 2 fully saturated rings. The summed E-state index contributed by atoms with van der Waals surface area (Å²) in [4.78, 5) is 29.9. The minimum Gasteiger partial charge on any atom is -0.490 e. The Balaban J connectivity index is 1.16. The van der Waals surface area contributed by atoms with Crippen LogP contribution < -0.4 is 10.1 Å². The highest BCUT2D eigenvalue weighted by molar-refractivity contribution is 6.07. The van der Waals surface area contributed by atoms with E-state index in [4.69, 9.17) is 14.2 Å². The van der Waals surface area contributed by atoms with Crippen molar-refractivity contribution in [2.75, 3.05) is 38.7 Å². The quantitative estimate of drug-likeness (QED) is 0.401. The molecule has 0 bridgehead atoms. The predicted octanol–water partition coefficient (Wildman–Crippen LogP) is 6.43. The molecule has 2 aromatic rings. The minimum atomic E-state index is -0.498. The van der Waals surface area contributed by atoms with Gasteiger partial charge in [0.15, 0.2) is 0 Å². The van der Waals surface area contributed by atoms with E-state index in [1.54, 1.807) is 4.90 Å². The van der Waals surface area contributed by atoms with Gasteiger partial charge in [-0.3, -0.25) is 9.69 Å². The van der Waals surface area contributed by atoms with Gasteiger partial charge in [-0.15, -0.1) is 0 Å². The van der Waals surface area contributed by atoms with Crippen molar-refractivity contribution in [3.8, 4) is 5.75 Å². The maximum atomic E-state index is 13.3. The lowest BCUT2D eigenvalue weighted by Gasteiger charge is -2.33. The molecule has 3 aliphatic rings. The number of nitrogens with one attached hydrogen (secondary N) is 1. The standard InChI is InChI=1S/C35H47N3O5/c1-35(2,3)43-34(40)38-18-14-31(15-19-38)42-32-13-10-26-6-5-7-27(22-28(26)23-32)33(39)36-29-11-8-25(9-12-29)24-37(4)30-16-20-41-21-17-30/h8-13,22-23,30-31H,5-7,14-21,24H2,1-4H3,(H,36,39). The van der Waals surface area contributed by atoms with Gasteiger partial charge in [-0.1, -0.05) is 18.2 Å². The Hall–Kier alpha value is -3.36. The van der Waals surface area contributed by atoms with Crippen molar-refractivity contribution < 1.29 is 23.8 Å². The van der Waals surface area contributed by atoms with Crippen LogP contribution in [0.15, 0.2) is 48.0 Å². The van der Waals surface area contributed by atoms with Gasteiger partial charge >= 0.3 is 6.09 Å². The first-order chi connectivity index (χ1) is 20.6. The normalized spacial score (nSPS) is 18.4. The van der Waals surface area contributed by atoms with E-state index in [2.05, 4.69) is 41.5 Å². The van der Waals surface area contributed by atoms with Gasteiger partial charge in [0.05, 0.1) is 0 Å². The number of nitrogens with zero attached hydrogens (tertiary/aromatic N) is 2. The molecule has 2 aliphatic heterocycles. The van der Waals surface area contributed by atoms with Crippen molar-refractivity contribution in [3.05, 3.63) is 64.7 Å². The molecular formula is C35H47N3O5. The molecular weight excluding hydrogens is 542 g/mol. The van der Waals surface area contributed by atoms with E-state index >= 15 is 0 Å². The number of aryl methyl sites for hydroxylation is 1. The number of rotatable bonds is 7. The van der Waals surface area contributed by atoms with Crippen LogP contribution >= 0.6 is 0 Å². The van der Waals surface area contributed by atoms with E-state index in [9.17, 15) is 9.59 Å². The summed E-state index contributed by atoms with van der Waals surface area (Å²) in [7, 11) is 2.17. The summed E-state index contributed by atoms with van der Waals surface area (Å²) >= 11 is 0. The third kappa shape index (κ3) is 8.83. The zero-order valence-electron chi connectivity index (χ0n) is 26.2. The topological polar surface area (TPSA) is 80.3 Å². The molecule has 232 valence electrons. The number of anilines is 1. The summed E-state index contributed by atoms with van der Waals surface area (Å²) in [6.07, 6.45) is 8.03. The fraction of sp³-hybridized carbons (Fsp3) is 0.543. The third-order valence-corrected chi connectivity index (χ3v) is 8.49. The van der Waals surface area contributed by atoms with Gasteiger partial charge in [-0.2, -0.15) is 0 Å². The average Bonchev–Trinajstić information content (AvgIpc) is 3.20. The number of carbonyl (C=O) groups is 2. The fourth-order valence-electron chi connectivity index (χ4n) is 6.04. The van der Waals surface area contributed by atoms with Crippen LogP contribution in [0.4, 0.5) is 10.5 Å². The van der Waals surface area contributed by atoms with Crippen LogP contribution in [0.25, 0.3) is 6.08 Å². The summed E-state index contributed by atoms with van der Waals surface area (Å²) in [5.74, 6) is 0.745. The van der Waals surface area contributed by atoms with Gasteiger partial charge in [-0.05, 0) is 107 Å². The Morgan fingerprint density at radius 1 is 1.00 bits per heavy atom. The highest BCUT2D eigenvalue weighted by Gasteiger charge is 2.28. The highest BCUT2D eigenvalue weighted by atomic mass is 16.6. The monoisotopic (exact) mass is 589 g/mol. The molecule has 0 unspecified atom stereocenters. The van der Waals surface area contributed by atoms with Crippen LogP contribution in [-0.2, 0) is 27.2 Å². The Kier molecular flexibility index (Phi) is 10.1. The average molecular weight is 590 g/mol. The molecule has 2 heterocycles. The van der Waals surface area contributed by atoms with Crippen LogP contribution in [-0.4, -0.2) is 72.9 Å². The zero-order valence-corrected chi connectivity index (χ0v) is 26.2. The van der Waals surface area contributed by atoms with Crippen LogP contribution in [0.3, 0.4) is 0 Å². The summed E-state index contributed by atoms with van der Waals surface area (Å²) < 4.78 is 17.4. The van der Waals surface area contributed by atoms with Crippen molar-refractivity contribution >= 4 is 23.8 Å². The summed E-state index contributed by atoms with van der Waals surface area (Å²) in [5.41, 5.74) is 4.60. The number of benzene rings is 2. The van der Waals surface area contributed by atoms with Crippen LogP contribution in [0.5, 0.6) is 5.75 Å². The highest BCUT2D eigenvalue weighted by Crippen LogP contribution is 2.29. The lowest BCUT2D eigenvalue weighted by molar-refractivity contribution is -0.112. The number of likely N-dealkylation sites (tertiary alicyclic amines) is 1. The van der Waals surface area contributed by atoms with Crippen molar-refractivity contribution in [1.82, 2.24) is 9.80 Å². The van der Waals surface area contributed by atoms with Gasteiger partial charge in [0.1, 0.15) is 17.5 Å². The van der Waals surface area contributed by atoms with E-state index in [1.165, 1.54) is 11.1 Å². The molecule has 2 saturated heterocycles. The minimum absolute atomic E-state index is 0.0358. The Labute approximate surface area is 256 Å². The maximum absolute atomic E-state index is 13.3. The molecule has 0 atom stereocenters.